The lowest BCUT2D eigenvalue weighted by atomic mass is 10.1. The van der Waals surface area contributed by atoms with Crippen LogP contribution in [-0.2, 0) is 16.0 Å². The van der Waals surface area contributed by atoms with Crippen LogP contribution in [0.1, 0.15) is 21.5 Å². The number of anilines is 1. The largest absolute Gasteiger partial charge is 0.366 e. The summed E-state index contributed by atoms with van der Waals surface area (Å²) in [5.74, 6) is -2.30. The highest BCUT2D eigenvalue weighted by Crippen LogP contribution is 2.20. The first-order chi connectivity index (χ1) is 11.9. The van der Waals surface area contributed by atoms with Gasteiger partial charge in [0.1, 0.15) is 5.82 Å². The minimum Gasteiger partial charge on any atom is -0.366 e. The van der Waals surface area contributed by atoms with Crippen molar-refractivity contribution in [3.8, 4) is 0 Å². The van der Waals surface area contributed by atoms with E-state index in [9.17, 15) is 18.8 Å². The molecular weight excluding hydrogens is 325 g/mol. The first kappa shape index (κ1) is 18.1. The molecule has 6 nitrogen and oxygen atoms in total. The Hall–Kier alpha value is -3.22. The van der Waals surface area contributed by atoms with Crippen LogP contribution in [0.4, 0.5) is 10.1 Å². The standard InChI is InChI=1S/C18H18FN3O3/c1-11-14(19)8-13(18(20)25)9-15(11)22-17(24)10-21-16(23)7-12-5-3-2-4-6-12/h2-6,8-9H,7,10H2,1H3,(H2,20,25)(H,21,23)(H,22,24). The molecule has 130 valence electrons. The van der Waals surface area contributed by atoms with Gasteiger partial charge in [-0.15, -0.1) is 0 Å². The molecule has 0 radical (unpaired) electrons. The monoisotopic (exact) mass is 343 g/mol. The van der Waals surface area contributed by atoms with E-state index in [1.54, 1.807) is 12.1 Å². The molecule has 4 N–H and O–H groups in total. The molecule has 0 spiro atoms. The topological polar surface area (TPSA) is 101 Å². The molecule has 0 aliphatic heterocycles. The summed E-state index contributed by atoms with van der Waals surface area (Å²) in [7, 11) is 0. The molecule has 0 fully saturated rings. The van der Waals surface area contributed by atoms with Gasteiger partial charge in [-0.25, -0.2) is 4.39 Å². The van der Waals surface area contributed by atoms with Crippen molar-refractivity contribution in [2.45, 2.75) is 13.3 Å². The highest BCUT2D eigenvalue weighted by molar-refractivity contribution is 5.98. The number of halogens is 1. The predicted octanol–water partition coefficient (Wildman–Crippen LogP) is 1.53. The number of hydrogen-bond donors (Lipinski definition) is 3. The maximum Gasteiger partial charge on any atom is 0.248 e. The number of carbonyl (C=O) groups excluding carboxylic acids is 3. The molecule has 2 rings (SSSR count). The molecule has 0 aliphatic carbocycles. The normalized spacial score (nSPS) is 10.2. The molecule has 2 aromatic carbocycles. The van der Waals surface area contributed by atoms with Gasteiger partial charge in [-0.05, 0) is 24.6 Å². The van der Waals surface area contributed by atoms with Gasteiger partial charge in [0, 0.05) is 16.8 Å². The Kier molecular flexibility index (Phi) is 5.84. The zero-order valence-electron chi connectivity index (χ0n) is 13.6. The molecule has 3 amide bonds. The molecular formula is C18H18FN3O3. The number of primary amides is 1. The Balaban J connectivity index is 1.94. The fourth-order valence-electron chi connectivity index (χ4n) is 2.17. The van der Waals surface area contributed by atoms with Crippen LogP contribution in [0.2, 0.25) is 0 Å². The SMILES string of the molecule is Cc1c(F)cc(C(N)=O)cc1NC(=O)CNC(=O)Cc1ccccc1. The predicted molar refractivity (Wildman–Crippen MR) is 91.4 cm³/mol. The zero-order valence-corrected chi connectivity index (χ0v) is 13.6. The molecule has 2 aromatic rings. The van der Waals surface area contributed by atoms with Crippen LogP contribution >= 0.6 is 0 Å². The maximum atomic E-state index is 13.8. The number of nitrogens with two attached hydrogens (primary N) is 1. The maximum absolute atomic E-state index is 13.8. The van der Waals surface area contributed by atoms with Gasteiger partial charge in [0.15, 0.2) is 0 Å². The number of nitrogens with one attached hydrogen (secondary N) is 2. The van der Waals surface area contributed by atoms with Gasteiger partial charge in [-0.2, -0.15) is 0 Å². The molecule has 0 heterocycles. The summed E-state index contributed by atoms with van der Waals surface area (Å²) in [4.78, 5) is 34.9. The summed E-state index contributed by atoms with van der Waals surface area (Å²) in [5, 5.41) is 4.95. The van der Waals surface area contributed by atoms with Gasteiger partial charge >= 0.3 is 0 Å². The second kappa shape index (κ2) is 8.05. The third-order valence-corrected chi connectivity index (χ3v) is 3.56. The Morgan fingerprint density at radius 1 is 1.08 bits per heavy atom. The third-order valence-electron chi connectivity index (χ3n) is 3.56. The molecule has 0 unspecified atom stereocenters. The molecule has 0 saturated heterocycles. The number of benzene rings is 2. The van der Waals surface area contributed by atoms with E-state index < -0.39 is 17.6 Å². The van der Waals surface area contributed by atoms with E-state index in [1.165, 1.54) is 13.0 Å². The third kappa shape index (κ3) is 5.13. The Morgan fingerprint density at radius 3 is 2.40 bits per heavy atom. The van der Waals surface area contributed by atoms with Gasteiger partial charge in [-0.3, -0.25) is 14.4 Å². The summed E-state index contributed by atoms with van der Waals surface area (Å²) >= 11 is 0. The van der Waals surface area contributed by atoms with Crippen LogP contribution in [0, 0.1) is 12.7 Å². The van der Waals surface area contributed by atoms with Crippen LogP contribution in [0.5, 0.6) is 0 Å². The quantitative estimate of drug-likeness (QED) is 0.741. The highest BCUT2D eigenvalue weighted by atomic mass is 19.1. The number of carbonyl (C=O) groups is 3. The van der Waals surface area contributed by atoms with Crippen molar-refractivity contribution in [1.82, 2.24) is 5.32 Å². The van der Waals surface area contributed by atoms with Gasteiger partial charge in [-0.1, -0.05) is 30.3 Å². The number of amides is 3. The highest BCUT2D eigenvalue weighted by Gasteiger charge is 2.13. The molecule has 7 heteroatoms. The minimum atomic E-state index is -0.800. The molecule has 0 aliphatic rings. The van der Waals surface area contributed by atoms with E-state index in [2.05, 4.69) is 10.6 Å². The average molecular weight is 343 g/mol. The fraction of sp³-hybridized carbons (Fsp3) is 0.167. The second-order valence-corrected chi connectivity index (χ2v) is 5.48. The minimum absolute atomic E-state index is 0.0495. The fourth-order valence-corrected chi connectivity index (χ4v) is 2.17. The van der Waals surface area contributed by atoms with Crippen molar-refractivity contribution in [3.63, 3.8) is 0 Å². The Bertz CT molecular complexity index is 807. The van der Waals surface area contributed by atoms with Crippen LogP contribution in [0.25, 0.3) is 0 Å². The van der Waals surface area contributed by atoms with E-state index in [0.29, 0.717) is 0 Å². The second-order valence-electron chi connectivity index (χ2n) is 5.48. The Labute approximate surface area is 144 Å². The van der Waals surface area contributed by atoms with Crippen LogP contribution in [-0.4, -0.2) is 24.3 Å². The molecule has 0 bridgehead atoms. The summed E-state index contributed by atoms with van der Waals surface area (Å²) in [6, 6.07) is 11.4. The summed E-state index contributed by atoms with van der Waals surface area (Å²) in [5.41, 5.74) is 6.22. The van der Waals surface area contributed by atoms with Gasteiger partial charge in [0.05, 0.1) is 13.0 Å². The molecule has 25 heavy (non-hydrogen) atoms. The van der Waals surface area contributed by atoms with Crippen LogP contribution in [0.15, 0.2) is 42.5 Å². The van der Waals surface area contributed by atoms with E-state index in [0.717, 1.165) is 11.6 Å². The van der Waals surface area contributed by atoms with Gasteiger partial charge in [0.25, 0.3) is 0 Å². The molecule has 0 saturated carbocycles. The van der Waals surface area contributed by atoms with Crippen molar-refractivity contribution < 1.29 is 18.8 Å². The van der Waals surface area contributed by atoms with E-state index >= 15 is 0 Å². The lowest BCUT2D eigenvalue weighted by molar-refractivity contribution is -0.123. The van der Waals surface area contributed by atoms with Crippen molar-refractivity contribution >= 4 is 23.4 Å². The first-order valence-corrected chi connectivity index (χ1v) is 7.57. The number of rotatable bonds is 6. The van der Waals surface area contributed by atoms with Gasteiger partial charge in [0.2, 0.25) is 17.7 Å². The summed E-state index contributed by atoms with van der Waals surface area (Å²) < 4.78 is 13.8. The lowest BCUT2D eigenvalue weighted by Gasteiger charge is -2.11. The zero-order chi connectivity index (χ0) is 18.4. The van der Waals surface area contributed by atoms with Crippen LogP contribution in [0.3, 0.4) is 0 Å². The van der Waals surface area contributed by atoms with Crippen molar-refractivity contribution in [2.24, 2.45) is 5.73 Å². The number of hydrogen-bond acceptors (Lipinski definition) is 3. The van der Waals surface area contributed by atoms with Crippen molar-refractivity contribution in [2.75, 3.05) is 11.9 Å². The smallest absolute Gasteiger partial charge is 0.248 e. The first-order valence-electron chi connectivity index (χ1n) is 7.57. The molecule has 0 aromatic heterocycles. The van der Waals surface area contributed by atoms with Crippen LogP contribution < -0.4 is 16.4 Å². The summed E-state index contributed by atoms with van der Waals surface area (Å²) in [6.45, 7) is 1.19. The van der Waals surface area contributed by atoms with E-state index in [4.69, 9.17) is 5.73 Å². The molecule has 0 atom stereocenters. The van der Waals surface area contributed by atoms with Crippen molar-refractivity contribution in [1.29, 1.82) is 0 Å². The van der Waals surface area contributed by atoms with E-state index in [-0.39, 0.29) is 35.7 Å². The van der Waals surface area contributed by atoms with E-state index in [1.807, 2.05) is 18.2 Å². The average Bonchev–Trinajstić information content (AvgIpc) is 2.57. The van der Waals surface area contributed by atoms with Gasteiger partial charge < -0.3 is 16.4 Å². The Morgan fingerprint density at radius 2 is 1.76 bits per heavy atom. The lowest BCUT2D eigenvalue weighted by Crippen LogP contribution is -2.34. The van der Waals surface area contributed by atoms with Crippen molar-refractivity contribution in [3.05, 3.63) is 65.0 Å². The summed E-state index contributed by atoms with van der Waals surface area (Å²) in [6.07, 6.45) is 0.152.